The van der Waals surface area contributed by atoms with Gasteiger partial charge in [0.15, 0.2) is 5.82 Å². The van der Waals surface area contributed by atoms with Crippen LogP contribution < -0.4 is 11.1 Å². The molecule has 1 aliphatic heterocycles. The summed E-state index contributed by atoms with van der Waals surface area (Å²) >= 11 is 1.60. The first-order valence-corrected chi connectivity index (χ1v) is 8.75. The molecule has 0 saturated carbocycles. The maximum atomic E-state index is 6.61. The summed E-state index contributed by atoms with van der Waals surface area (Å²) in [6.07, 6.45) is 5.55. The molecule has 0 bridgehead atoms. The van der Waals surface area contributed by atoms with Crippen LogP contribution in [0.5, 0.6) is 0 Å². The number of aryl methyl sites for hydroxylation is 2. The van der Waals surface area contributed by atoms with Crippen molar-refractivity contribution in [2.45, 2.75) is 48.9 Å². The van der Waals surface area contributed by atoms with E-state index in [4.69, 9.17) is 15.7 Å². The van der Waals surface area contributed by atoms with Crippen LogP contribution in [-0.2, 0) is 24.3 Å². The van der Waals surface area contributed by atoms with Crippen molar-refractivity contribution < 1.29 is 0 Å². The van der Waals surface area contributed by atoms with E-state index >= 15 is 0 Å². The highest BCUT2D eigenvalue weighted by Gasteiger charge is 2.39. The highest BCUT2D eigenvalue weighted by Crippen LogP contribution is 2.47. The molecule has 22 heavy (non-hydrogen) atoms. The summed E-state index contributed by atoms with van der Waals surface area (Å²) in [7, 11) is 0. The number of thioether (sulfide) groups is 1. The van der Waals surface area contributed by atoms with Crippen molar-refractivity contribution in [2.75, 3.05) is 5.32 Å². The largest absolute Gasteiger partial charge is 0.351 e. The van der Waals surface area contributed by atoms with E-state index in [9.17, 15) is 0 Å². The van der Waals surface area contributed by atoms with Crippen molar-refractivity contribution in [3.05, 3.63) is 47.0 Å². The zero-order chi connectivity index (χ0) is 15.2. The van der Waals surface area contributed by atoms with Gasteiger partial charge in [-0.1, -0.05) is 30.8 Å². The molecule has 2 aliphatic rings. The Hall–Kier alpha value is -1.59. The summed E-state index contributed by atoms with van der Waals surface area (Å²) in [4.78, 5) is 10.1. The van der Waals surface area contributed by atoms with Gasteiger partial charge in [-0.05, 0) is 49.8 Å². The van der Waals surface area contributed by atoms with Crippen LogP contribution in [0.1, 0.15) is 42.5 Å². The molecule has 114 valence electrons. The molecule has 2 heterocycles. The van der Waals surface area contributed by atoms with Crippen LogP contribution in [-0.4, -0.2) is 9.97 Å². The van der Waals surface area contributed by atoms with Gasteiger partial charge < -0.3 is 5.32 Å². The second-order valence-corrected chi connectivity index (χ2v) is 7.23. The summed E-state index contributed by atoms with van der Waals surface area (Å²) in [5.74, 6) is 0.714. The SMILES string of the molecule is CCc1nc(C2(N)Nc3ccccc3S2)nc2c1CCCC2. The summed E-state index contributed by atoms with van der Waals surface area (Å²) < 4.78 is 0. The summed E-state index contributed by atoms with van der Waals surface area (Å²) in [5, 5.41) is 3.40. The lowest BCUT2D eigenvalue weighted by Gasteiger charge is -2.26. The summed E-state index contributed by atoms with van der Waals surface area (Å²) in [6.45, 7) is 2.16. The Morgan fingerprint density at radius 1 is 1.23 bits per heavy atom. The molecule has 1 unspecified atom stereocenters. The number of hydrogen-bond acceptors (Lipinski definition) is 5. The van der Waals surface area contributed by atoms with E-state index < -0.39 is 4.99 Å². The second kappa shape index (κ2) is 5.25. The fraction of sp³-hybridized carbons (Fsp3) is 0.412. The molecule has 5 heteroatoms. The second-order valence-electron chi connectivity index (χ2n) is 5.94. The predicted octanol–water partition coefficient (Wildman–Crippen LogP) is 3.20. The molecular weight excluding hydrogens is 292 g/mol. The molecule has 0 fully saturated rings. The minimum Gasteiger partial charge on any atom is -0.351 e. The van der Waals surface area contributed by atoms with Gasteiger partial charge in [-0.25, -0.2) is 9.97 Å². The first-order valence-electron chi connectivity index (χ1n) is 7.94. The summed E-state index contributed by atoms with van der Waals surface area (Å²) in [6, 6.07) is 8.19. The molecule has 0 radical (unpaired) electrons. The van der Waals surface area contributed by atoms with Gasteiger partial charge in [0.2, 0.25) is 4.99 Å². The van der Waals surface area contributed by atoms with Gasteiger partial charge in [0, 0.05) is 16.3 Å². The molecule has 0 amide bonds. The van der Waals surface area contributed by atoms with Crippen LogP contribution in [0.4, 0.5) is 5.69 Å². The Kier molecular flexibility index (Phi) is 3.35. The van der Waals surface area contributed by atoms with Crippen molar-refractivity contribution >= 4 is 17.4 Å². The fourth-order valence-corrected chi connectivity index (χ4v) is 4.36. The number of nitrogens with one attached hydrogen (secondary N) is 1. The van der Waals surface area contributed by atoms with E-state index in [-0.39, 0.29) is 0 Å². The van der Waals surface area contributed by atoms with E-state index in [1.165, 1.54) is 29.8 Å². The first-order chi connectivity index (χ1) is 10.7. The Morgan fingerprint density at radius 3 is 2.86 bits per heavy atom. The van der Waals surface area contributed by atoms with E-state index in [2.05, 4.69) is 24.4 Å². The van der Waals surface area contributed by atoms with Gasteiger partial charge in [0.05, 0.1) is 5.69 Å². The van der Waals surface area contributed by atoms with E-state index in [1.54, 1.807) is 11.8 Å². The summed E-state index contributed by atoms with van der Waals surface area (Å²) in [5.41, 5.74) is 11.4. The van der Waals surface area contributed by atoms with Crippen molar-refractivity contribution in [1.82, 2.24) is 9.97 Å². The lowest BCUT2D eigenvalue weighted by Crippen LogP contribution is -2.41. The van der Waals surface area contributed by atoms with Gasteiger partial charge in [-0.2, -0.15) is 0 Å². The molecule has 0 spiro atoms. The topological polar surface area (TPSA) is 63.8 Å². The molecule has 4 rings (SSSR count). The Labute approximate surface area is 134 Å². The van der Waals surface area contributed by atoms with Gasteiger partial charge in [-0.15, -0.1) is 0 Å². The third-order valence-corrected chi connectivity index (χ3v) is 5.60. The first kappa shape index (κ1) is 14.0. The van der Waals surface area contributed by atoms with Crippen LogP contribution in [0.15, 0.2) is 29.2 Å². The van der Waals surface area contributed by atoms with Crippen molar-refractivity contribution in [3.8, 4) is 0 Å². The van der Waals surface area contributed by atoms with Crippen LogP contribution in [0.25, 0.3) is 0 Å². The Balaban J connectivity index is 1.77. The number of benzene rings is 1. The minimum atomic E-state index is -0.764. The highest BCUT2D eigenvalue weighted by molar-refractivity contribution is 8.00. The van der Waals surface area contributed by atoms with E-state index in [0.717, 1.165) is 29.8 Å². The normalized spacial score (nSPS) is 22.8. The highest BCUT2D eigenvalue weighted by atomic mass is 32.2. The van der Waals surface area contributed by atoms with E-state index in [0.29, 0.717) is 5.82 Å². The third kappa shape index (κ3) is 2.20. The van der Waals surface area contributed by atoms with Gasteiger partial charge in [-0.3, -0.25) is 5.73 Å². The number of fused-ring (bicyclic) bond motifs is 2. The van der Waals surface area contributed by atoms with Crippen molar-refractivity contribution in [2.24, 2.45) is 5.73 Å². The number of aromatic nitrogens is 2. The minimum absolute atomic E-state index is 0.714. The lowest BCUT2D eigenvalue weighted by molar-refractivity contribution is 0.616. The van der Waals surface area contributed by atoms with Crippen LogP contribution in [0.3, 0.4) is 0 Å². The van der Waals surface area contributed by atoms with Gasteiger partial charge >= 0.3 is 0 Å². The molecule has 1 aromatic heterocycles. The Bertz CT molecular complexity index is 686. The lowest BCUT2D eigenvalue weighted by atomic mass is 9.94. The fourth-order valence-electron chi connectivity index (χ4n) is 3.29. The third-order valence-electron chi connectivity index (χ3n) is 4.41. The predicted molar refractivity (Wildman–Crippen MR) is 89.8 cm³/mol. The maximum Gasteiger partial charge on any atom is 0.201 e. The smallest absolute Gasteiger partial charge is 0.201 e. The molecule has 3 N–H and O–H groups in total. The average Bonchev–Trinajstić information content (AvgIpc) is 2.91. The monoisotopic (exact) mass is 312 g/mol. The van der Waals surface area contributed by atoms with E-state index in [1.807, 2.05) is 12.1 Å². The number of rotatable bonds is 2. The number of hydrogen-bond donors (Lipinski definition) is 2. The van der Waals surface area contributed by atoms with Crippen molar-refractivity contribution in [3.63, 3.8) is 0 Å². The molecule has 1 aliphatic carbocycles. The van der Waals surface area contributed by atoms with Gasteiger partial charge in [0.1, 0.15) is 0 Å². The van der Waals surface area contributed by atoms with Crippen LogP contribution in [0.2, 0.25) is 0 Å². The number of nitrogens with zero attached hydrogens (tertiary/aromatic N) is 2. The number of nitrogens with two attached hydrogens (primary N) is 1. The molecule has 2 aromatic rings. The van der Waals surface area contributed by atoms with Crippen molar-refractivity contribution in [1.29, 1.82) is 0 Å². The standard InChI is InChI=1S/C17H20N4S/c1-2-12-11-7-3-4-8-13(11)20-16(19-12)17(18)21-14-9-5-6-10-15(14)22-17/h5-6,9-10,21H,2-4,7-8,18H2,1H3. The average molecular weight is 312 g/mol. The maximum absolute atomic E-state index is 6.61. The molecule has 1 aromatic carbocycles. The zero-order valence-corrected chi connectivity index (χ0v) is 13.5. The Morgan fingerprint density at radius 2 is 2.05 bits per heavy atom. The molecule has 0 saturated heterocycles. The number of anilines is 1. The van der Waals surface area contributed by atoms with Crippen LogP contribution >= 0.6 is 11.8 Å². The quantitative estimate of drug-likeness (QED) is 0.891. The molecule has 1 atom stereocenters. The number of para-hydroxylation sites is 1. The van der Waals surface area contributed by atoms with Gasteiger partial charge in [0.25, 0.3) is 0 Å². The van der Waals surface area contributed by atoms with Crippen LogP contribution in [0, 0.1) is 0 Å². The zero-order valence-electron chi connectivity index (χ0n) is 12.7. The molecule has 4 nitrogen and oxygen atoms in total. The molecular formula is C17H20N4S.